The molecule has 1 fully saturated rings. The Morgan fingerprint density at radius 3 is 2.43 bits per heavy atom. The van der Waals surface area contributed by atoms with Crippen LogP contribution in [0.25, 0.3) is 0 Å². The van der Waals surface area contributed by atoms with Crippen LogP contribution in [0.15, 0.2) is 12.1 Å². The number of anilines is 1. The average Bonchev–Trinajstić information content (AvgIpc) is 2.91. The smallest absolute Gasteiger partial charge is 0.323 e. The number of carbonyl (C=O) groups excluding carboxylic acids is 1. The molecule has 0 aromatic heterocycles. The molecule has 1 aromatic rings. The Hall–Kier alpha value is -0.970. The highest BCUT2D eigenvalue weighted by Gasteiger charge is 2.21. The van der Waals surface area contributed by atoms with Gasteiger partial charge < -0.3 is 15.4 Å². The van der Waals surface area contributed by atoms with E-state index in [0.29, 0.717) is 23.1 Å². The number of esters is 1. The second-order valence-electron chi connectivity index (χ2n) is 5.16. The highest BCUT2D eigenvalue weighted by atomic mass is 35.5. The van der Waals surface area contributed by atoms with Crippen molar-refractivity contribution in [2.75, 3.05) is 24.6 Å². The second-order valence-corrected chi connectivity index (χ2v) is 5.98. The Labute approximate surface area is 135 Å². The zero-order valence-corrected chi connectivity index (χ0v) is 13.6. The third-order valence-electron chi connectivity index (χ3n) is 3.54. The summed E-state index contributed by atoms with van der Waals surface area (Å²) in [5.74, 6) is -0.409. The molecular weight excluding hydrogens is 311 g/mol. The number of hydrogen-bond acceptors (Lipinski definition) is 4. The molecule has 0 radical (unpaired) electrons. The monoisotopic (exact) mass is 330 g/mol. The molecule has 0 bridgehead atoms. The van der Waals surface area contributed by atoms with Gasteiger partial charge in [-0.05, 0) is 43.9 Å². The fourth-order valence-corrected chi connectivity index (χ4v) is 3.34. The lowest BCUT2D eigenvalue weighted by atomic mass is 10.1. The maximum atomic E-state index is 11.6. The van der Waals surface area contributed by atoms with E-state index in [0.717, 1.165) is 37.2 Å². The standard InChI is InChI=1S/C15H20Cl2N2O2/c1-2-21-15(20)13(18)9-10-7-11(16)14(12(17)8-10)19-5-3-4-6-19/h7-8,13H,2-6,9,18H2,1H3. The van der Waals surface area contributed by atoms with Gasteiger partial charge in [0.25, 0.3) is 0 Å². The molecule has 1 atom stereocenters. The van der Waals surface area contributed by atoms with E-state index in [1.165, 1.54) is 0 Å². The van der Waals surface area contributed by atoms with Crippen LogP contribution in [0.4, 0.5) is 5.69 Å². The van der Waals surface area contributed by atoms with Gasteiger partial charge in [-0.25, -0.2) is 0 Å². The Kier molecular flexibility index (Phi) is 5.73. The molecule has 6 heteroatoms. The number of ether oxygens (including phenoxy) is 1. The molecule has 1 unspecified atom stereocenters. The first-order valence-electron chi connectivity index (χ1n) is 7.18. The van der Waals surface area contributed by atoms with Crippen molar-refractivity contribution in [2.24, 2.45) is 5.73 Å². The van der Waals surface area contributed by atoms with Crippen molar-refractivity contribution in [3.8, 4) is 0 Å². The van der Waals surface area contributed by atoms with Crippen LogP contribution in [-0.2, 0) is 16.0 Å². The predicted molar refractivity (Wildman–Crippen MR) is 86.2 cm³/mol. The summed E-state index contributed by atoms with van der Waals surface area (Å²) in [6, 6.07) is 2.97. The van der Waals surface area contributed by atoms with Gasteiger partial charge in [0.05, 0.1) is 22.3 Å². The molecule has 1 heterocycles. The number of hydrogen-bond donors (Lipinski definition) is 1. The minimum absolute atomic E-state index is 0.321. The zero-order valence-electron chi connectivity index (χ0n) is 12.1. The van der Waals surface area contributed by atoms with E-state index in [9.17, 15) is 4.79 Å². The van der Waals surface area contributed by atoms with Gasteiger partial charge in [0, 0.05) is 13.1 Å². The lowest BCUT2D eigenvalue weighted by Crippen LogP contribution is -2.34. The van der Waals surface area contributed by atoms with Gasteiger partial charge in [-0.1, -0.05) is 23.2 Å². The molecular formula is C15H20Cl2N2O2. The van der Waals surface area contributed by atoms with Gasteiger partial charge >= 0.3 is 5.97 Å². The van der Waals surface area contributed by atoms with Crippen molar-refractivity contribution < 1.29 is 9.53 Å². The predicted octanol–water partition coefficient (Wildman–Crippen LogP) is 3.03. The van der Waals surface area contributed by atoms with Crippen LogP contribution in [0.1, 0.15) is 25.3 Å². The highest BCUT2D eigenvalue weighted by molar-refractivity contribution is 6.39. The molecule has 2 N–H and O–H groups in total. The van der Waals surface area contributed by atoms with Gasteiger partial charge in [-0.15, -0.1) is 0 Å². The molecule has 1 aliphatic rings. The summed E-state index contributed by atoms with van der Waals surface area (Å²) in [6.07, 6.45) is 2.67. The third kappa shape index (κ3) is 4.02. The fraction of sp³-hybridized carbons (Fsp3) is 0.533. The van der Waals surface area contributed by atoms with Crippen LogP contribution in [-0.4, -0.2) is 31.7 Å². The largest absolute Gasteiger partial charge is 0.465 e. The van der Waals surface area contributed by atoms with Crippen LogP contribution >= 0.6 is 23.2 Å². The number of carbonyl (C=O) groups is 1. The maximum Gasteiger partial charge on any atom is 0.323 e. The summed E-state index contributed by atoms with van der Waals surface area (Å²) in [5, 5.41) is 1.21. The third-order valence-corrected chi connectivity index (χ3v) is 4.12. The first-order valence-corrected chi connectivity index (χ1v) is 7.93. The van der Waals surface area contributed by atoms with E-state index in [1.54, 1.807) is 6.92 Å². The molecule has 4 nitrogen and oxygen atoms in total. The molecule has 1 aromatic carbocycles. The van der Waals surface area contributed by atoms with Crippen molar-refractivity contribution in [3.63, 3.8) is 0 Å². The van der Waals surface area contributed by atoms with Gasteiger partial charge in [0.1, 0.15) is 6.04 Å². The van der Waals surface area contributed by atoms with E-state index in [-0.39, 0.29) is 0 Å². The number of nitrogens with two attached hydrogens (primary N) is 1. The fourth-order valence-electron chi connectivity index (χ4n) is 2.57. The summed E-state index contributed by atoms with van der Waals surface area (Å²) in [5.41, 5.74) is 7.54. The quantitative estimate of drug-likeness (QED) is 0.843. The van der Waals surface area contributed by atoms with Gasteiger partial charge in [0.2, 0.25) is 0 Å². The topological polar surface area (TPSA) is 55.6 Å². The average molecular weight is 331 g/mol. The van der Waals surface area contributed by atoms with Gasteiger partial charge in [-0.3, -0.25) is 4.79 Å². The van der Waals surface area contributed by atoms with Crippen LogP contribution in [0.3, 0.4) is 0 Å². The Balaban J connectivity index is 2.14. The summed E-state index contributed by atoms with van der Waals surface area (Å²) >= 11 is 12.7. The second kappa shape index (κ2) is 7.34. The molecule has 0 amide bonds. The molecule has 21 heavy (non-hydrogen) atoms. The zero-order chi connectivity index (χ0) is 15.4. The SMILES string of the molecule is CCOC(=O)C(N)Cc1cc(Cl)c(N2CCCC2)c(Cl)c1. The molecule has 1 aliphatic heterocycles. The van der Waals surface area contributed by atoms with Crippen molar-refractivity contribution in [3.05, 3.63) is 27.7 Å². The molecule has 2 rings (SSSR count). The molecule has 1 saturated heterocycles. The normalized spacial score (nSPS) is 16.1. The van der Waals surface area contributed by atoms with Crippen LogP contribution in [0, 0.1) is 0 Å². The van der Waals surface area contributed by atoms with Crippen LogP contribution < -0.4 is 10.6 Å². The summed E-state index contributed by atoms with van der Waals surface area (Å²) in [6.45, 7) is 4.02. The molecule has 0 spiro atoms. The van der Waals surface area contributed by atoms with E-state index >= 15 is 0 Å². The Bertz CT molecular complexity index is 493. The first kappa shape index (κ1) is 16.4. The summed E-state index contributed by atoms with van der Waals surface area (Å²) in [4.78, 5) is 13.8. The van der Waals surface area contributed by atoms with Gasteiger partial charge in [-0.2, -0.15) is 0 Å². The number of benzene rings is 1. The number of rotatable bonds is 5. The van der Waals surface area contributed by atoms with Crippen LogP contribution in [0.2, 0.25) is 10.0 Å². The number of halogens is 2. The van der Waals surface area contributed by atoms with E-state index < -0.39 is 12.0 Å². The van der Waals surface area contributed by atoms with Crippen molar-refractivity contribution in [2.45, 2.75) is 32.2 Å². The molecule has 0 aliphatic carbocycles. The first-order chi connectivity index (χ1) is 10.0. The van der Waals surface area contributed by atoms with E-state index in [2.05, 4.69) is 4.90 Å². The highest BCUT2D eigenvalue weighted by Crippen LogP contribution is 2.37. The Morgan fingerprint density at radius 1 is 1.33 bits per heavy atom. The van der Waals surface area contributed by atoms with Crippen molar-refractivity contribution >= 4 is 34.9 Å². The maximum absolute atomic E-state index is 11.6. The summed E-state index contributed by atoms with van der Waals surface area (Å²) in [7, 11) is 0. The molecule has 116 valence electrons. The minimum Gasteiger partial charge on any atom is -0.465 e. The Morgan fingerprint density at radius 2 is 1.90 bits per heavy atom. The van der Waals surface area contributed by atoms with E-state index in [1.807, 2.05) is 12.1 Å². The van der Waals surface area contributed by atoms with Crippen LogP contribution in [0.5, 0.6) is 0 Å². The molecule has 0 saturated carbocycles. The lowest BCUT2D eigenvalue weighted by Gasteiger charge is -2.21. The van der Waals surface area contributed by atoms with E-state index in [4.69, 9.17) is 33.7 Å². The van der Waals surface area contributed by atoms with Gasteiger partial charge in [0.15, 0.2) is 0 Å². The van der Waals surface area contributed by atoms with Crippen molar-refractivity contribution in [1.82, 2.24) is 0 Å². The number of nitrogens with zero attached hydrogens (tertiary/aromatic N) is 1. The lowest BCUT2D eigenvalue weighted by molar-refractivity contribution is -0.144. The minimum atomic E-state index is -0.699. The van der Waals surface area contributed by atoms with Crippen molar-refractivity contribution in [1.29, 1.82) is 0 Å². The summed E-state index contributed by atoms with van der Waals surface area (Å²) < 4.78 is 4.90.